The van der Waals surface area contributed by atoms with Crippen molar-refractivity contribution in [3.63, 3.8) is 0 Å². The molecular weight excluding hydrogens is 247 g/mol. The minimum atomic E-state index is 0.623. The summed E-state index contributed by atoms with van der Waals surface area (Å²) in [6, 6.07) is 6.49. The molecule has 0 atom stereocenters. The zero-order valence-electron chi connectivity index (χ0n) is 7.82. The standard InChI is InChI=1S/C11H14BrCl/c1-9-4-5-11(8-13)10(7-9)3-2-6-12/h4-5,7H,2-3,6,8H2,1H3. The Morgan fingerprint density at radius 2 is 2.08 bits per heavy atom. The van der Waals surface area contributed by atoms with Crippen LogP contribution in [-0.2, 0) is 12.3 Å². The molecule has 1 aromatic rings. The molecule has 0 unspecified atom stereocenters. The average Bonchev–Trinajstić information content (AvgIpc) is 2.15. The third kappa shape index (κ3) is 3.32. The maximum absolute atomic E-state index is 5.85. The van der Waals surface area contributed by atoms with Crippen LogP contribution >= 0.6 is 27.5 Å². The molecular formula is C11H14BrCl. The van der Waals surface area contributed by atoms with Crippen LogP contribution in [0, 0.1) is 6.92 Å². The maximum Gasteiger partial charge on any atom is 0.0476 e. The molecule has 0 heterocycles. The lowest BCUT2D eigenvalue weighted by molar-refractivity contribution is 0.925. The molecule has 0 aliphatic heterocycles. The summed E-state index contributed by atoms with van der Waals surface area (Å²) in [6.45, 7) is 2.12. The Kier molecular flexibility index (Phi) is 4.82. The molecule has 0 amide bonds. The lowest BCUT2D eigenvalue weighted by Gasteiger charge is -2.07. The van der Waals surface area contributed by atoms with Gasteiger partial charge in [0.2, 0.25) is 0 Å². The average molecular weight is 262 g/mol. The summed E-state index contributed by atoms with van der Waals surface area (Å²) >= 11 is 9.29. The first kappa shape index (κ1) is 11.1. The molecule has 0 spiro atoms. The quantitative estimate of drug-likeness (QED) is 0.717. The summed E-state index contributed by atoms with van der Waals surface area (Å²) in [7, 11) is 0. The third-order valence-electron chi connectivity index (χ3n) is 2.09. The number of hydrogen-bond acceptors (Lipinski definition) is 0. The Bertz CT molecular complexity index is 271. The first-order valence-corrected chi connectivity index (χ1v) is 6.14. The van der Waals surface area contributed by atoms with Crippen molar-refractivity contribution in [3.8, 4) is 0 Å². The van der Waals surface area contributed by atoms with E-state index in [9.17, 15) is 0 Å². The summed E-state index contributed by atoms with van der Waals surface area (Å²) in [5.74, 6) is 0.623. The number of benzene rings is 1. The second-order valence-corrected chi connectivity index (χ2v) is 4.26. The van der Waals surface area contributed by atoms with Crippen LogP contribution < -0.4 is 0 Å². The molecule has 0 aliphatic rings. The molecule has 0 N–H and O–H groups in total. The van der Waals surface area contributed by atoms with Crippen LogP contribution in [0.1, 0.15) is 23.1 Å². The molecule has 0 fully saturated rings. The van der Waals surface area contributed by atoms with Crippen molar-refractivity contribution in [3.05, 3.63) is 34.9 Å². The number of halogens is 2. The molecule has 0 saturated carbocycles. The third-order valence-corrected chi connectivity index (χ3v) is 2.93. The van der Waals surface area contributed by atoms with Crippen LogP contribution in [0.3, 0.4) is 0 Å². The van der Waals surface area contributed by atoms with E-state index in [2.05, 4.69) is 41.1 Å². The highest BCUT2D eigenvalue weighted by Gasteiger charge is 2.00. The fraction of sp³-hybridized carbons (Fsp3) is 0.455. The smallest absolute Gasteiger partial charge is 0.0476 e. The van der Waals surface area contributed by atoms with Gasteiger partial charge in [-0.05, 0) is 30.9 Å². The number of aryl methyl sites for hydroxylation is 2. The molecule has 1 rings (SSSR count). The minimum absolute atomic E-state index is 0.623. The van der Waals surface area contributed by atoms with Gasteiger partial charge < -0.3 is 0 Å². The van der Waals surface area contributed by atoms with Gasteiger partial charge in [-0.1, -0.05) is 39.7 Å². The van der Waals surface area contributed by atoms with Crippen molar-refractivity contribution < 1.29 is 0 Å². The molecule has 2 heteroatoms. The fourth-order valence-corrected chi connectivity index (χ4v) is 1.92. The van der Waals surface area contributed by atoms with Gasteiger partial charge in [0.25, 0.3) is 0 Å². The van der Waals surface area contributed by atoms with E-state index in [4.69, 9.17) is 11.6 Å². The summed E-state index contributed by atoms with van der Waals surface area (Å²) in [6.07, 6.45) is 2.29. The van der Waals surface area contributed by atoms with Gasteiger partial charge in [0.1, 0.15) is 0 Å². The highest BCUT2D eigenvalue weighted by Crippen LogP contribution is 2.16. The van der Waals surface area contributed by atoms with E-state index in [1.165, 1.54) is 23.1 Å². The molecule has 13 heavy (non-hydrogen) atoms. The van der Waals surface area contributed by atoms with Gasteiger partial charge in [0, 0.05) is 11.2 Å². The molecule has 0 aliphatic carbocycles. The summed E-state index contributed by atoms with van der Waals surface area (Å²) < 4.78 is 0. The van der Waals surface area contributed by atoms with Gasteiger partial charge in [-0.3, -0.25) is 0 Å². The second-order valence-electron chi connectivity index (χ2n) is 3.20. The topological polar surface area (TPSA) is 0 Å². The van der Waals surface area contributed by atoms with Crippen molar-refractivity contribution in [1.82, 2.24) is 0 Å². The molecule has 0 aromatic heterocycles. The minimum Gasteiger partial charge on any atom is -0.122 e. The second kappa shape index (κ2) is 5.66. The predicted octanol–water partition coefficient (Wildman–Crippen LogP) is 4.06. The van der Waals surface area contributed by atoms with Gasteiger partial charge >= 0.3 is 0 Å². The predicted molar refractivity (Wildman–Crippen MR) is 62.9 cm³/mol. The van der Waals surface area contributed by atoms with Gasteiger partial charge in [-0.2, -0.15) is 0 Å². The van der Waals surface area contributed by atoms with Gasteiger partial charge in [-0.15, -0.1) is 11.6 Å². The molecule has 0 saturated heterocycles. The molecule has 72 valence electrons. The Morgan fingerprint density at radius 1 is 1.31 bits per heavy atom. The van der Waals surface area contributed by atoms with Crippen molar-refractivity contribution in [2.24, 2.45) is 0 Å². The summed E-state index contributed by atoms with van der Waals surface area (Å²) in [5.41, 5.74) is 3.99. The molecule has 0 radical (unpaired) electrons. The van der Waals surface area contributed by atoms with E-state index in [-0.39, 0.29) is 0 Å². The zero-order valence-corrected chi connectivity index (χ0v) is 10.2. The first-order valence-electron chi connectivity index (χ1n) is 4.48. The number of rotatable bonds is 4. The SMILES string of the molecule is Cc1ccc(CCl)c(CCCBr)c1. The lowest BCUT2D eigenvalue weighted by atomic mass is 10.0. The van der Waals surface area contributed by atoms with Crippen LogP contribution in [-0.4, -0.2) is 5.33 Å². The number of alkyl halides is 2. The normalized spacial score (nSPS) is 10.4. The van der Waals surface area contributed by atoms with Crippen molar-refractivity contribution >= 4 is 27.5 Å². The number of hydrogen-bond donors (Lipinski definition) is 0. The Balaban J connectivity index is 2.81. The first-order chi connectivity index (χ1) is 6.27. The van der Waals surface area contributed by atoms with Crippen LogP contribution in [0.4, 0.5) is 0 Å². The lowest BCUT2D eigenvalue weighted by Crippen LogP contribution is -1.93. The van der Waals surface area contributed by atoms with E-state index < -0.39 is 0 Å². The van der Waals surface area contributed by atoms with E-state index in [0.717, 1.165) is 11.8 Å². The van der Waals surface area contributed by atoms with E-state index in [1.807, 2.05) is 0 Å². The highest BCUT2D eigenvalue weighted by atomic mass is 79.9. The van der Waals surface area contributed by atoms with Crippen LogP contribution in [0.25, 0.3) is 0 Å². The van der Waals surface area contributed by atoms with Crippen LogP contribution in [0.15, 0.2) is 18.2 Å². The van der Waals surface area contributed by atoms with Crippen molar-refractivity contribution in [2.75, 3.05) is 5.33 Å². The Labute approximate surface area is 93.4 Å². The Morgan fingerprint density at radius 3 is 2.69 bits per heavy atom. The molecule has 0 bridgehead atoms. The van der Waals surface area contributed by atoms with Gasteiger partial charge in [0.05, 0.1) is 0 Å². The summed E-state index contributed by atoms with van der Waals surface area (Å²) in [4.78, 5) is 0. The van der Waals surface area contributed by atoms with E-state index in [0.29, 0.717) is 5.88 Å². The molecule has 1 aromatic carbocycles. The van der Waals surface area contributed by atoms with Crippen molar-refractivity contribution in [1.29, 1.82) is 0 Å². The zero-order chi connectivity index (χ0) is 9.68. The Hall–Kier alpha value is -0.0100. The van der Waals surface area contributed by atoms with Crippen LogP contribution in [0.2, 0.25) is 0 Å². The van der Waals surface area contributed by atoms with E-state index >= 15 is 0 Å². The largest absolute Gasteiger partial charge is 0.122 e. The summed E-state index contributed by atoms with van der Waals surface area (Å²) in [5, 5.41) is 1.06. The monoisotopic (exact) mass is 260 g/mol. The highest BCUT2D eigenvalue weighted by molar-refractivity contribution is 9.09. The maximum atomic E-state index is 5.85. The molecule has 0 nitrogen and oxygen atoms in total. The van der Waals surface area contributed by atoms with Gasteiger partial charge in [0.15, 0.2) is 0 Å². The van der Waals surface area contributed by atoms with Crippen LogP contribution in [0.5, 0.6) is 0 Å². The van der Waals surface area contributed by atoms with Crippen molar-refractivity contribution in [2.45, 2.75) is 25.6 Å². The van der Waals surface area contributed by atoms with E-state index in [1.54, 1.807) is 0 Å². The fourth-order valence-electron chi connectivity index (χ4n) is 1.38. The van der Waals surface area contributed by atoms with Gasteiger partial charge in [-0.25, -0.2) is 0 Å².